The topological polar surface area (TPSA) is 108 Å². The van der Waals surface area contributed by atoms with Crippen molar-refractivity contribution < 1.29 is 19.2 Å². The third kappa shape index (κ3) is 5.97. The molecule has 0 bridgehead atoms. The molecule has 1 N–H and O–H groups in total. The molecule has 2 heterocycles. The summed E-state index contributed by atoms with van der Waals surface area (Å²) in [6.07, 6.45) is 0. The van der Waals surface area contributed by atoms with E-state index in [2.05, 4.69) is 10.2 Å². The number of amides is 2. The Hall–Kier alpha value is -4.15. The Kier molecular flexibility index (Phi) is 7.94. The highest BCUT2D eigenvalue weighted by Gasteiger charge is 2.26. The predicted octanol–water partition coefficient (Wildman–Crippen LogP) is 4.30. The molecular weight excluding hydrogens is 522 g/mol. The Balaban J connectivity index is 1.32. The van der Waals surface area contributed by atoms with Crippen LogP contribution in [0, 0.1) is 10.1 Å². The normalized spacial score (nSPS) is 15.7. The van der Waals surface area contributed by atoms with Crippen LogP contribution in [0.15, 0.2) is 66.7 Å². The van der Waals surface area contributed by atoms with Gasteiger partial charge in [-0.05, 0) is 42.5 Å². The lowest BCUT2D eigenvalue weighted by Crippen LogP contribution is -2.49. The number of hydrogen-bond donors (Lipinski definition) is 1. The Morgan fingerprint density at radius 3 is 2.21 bits per heavy atom. The number of piperazine rings is 1. The lowest BCUT2D eigenvalue weighted by Gasteiger charge is -2.37. The molecule has 2 amide bonds. The van der Waals surface area contributed by atoms with E-state index in [4.69, 9.17) is 16.3 Å². The van der Waals surface area contributed by atoms with E-state index in [9.17, 15) is 19.7 Å². The van der Waals surface area contributed by atoms with Gasteiger partial charge in [-0.1, -0.05) is 23.7 Å². The van der Waals surface area contributed by atoms with Crippen LogP contribution < -0.4 is 15.1 Å². The van der Waals surface area contributed by atoms with E-state index in [0.29, 0.717) is 74.4 Å². The van der Waals surface area contributed by atoms with Crippen LogP contribution in [0.5, 0.6) is 0 Å². The molecule has 0 radical (unpaired) electrons. The average molecular weight is 550 g/mol. The van der Waals surface area contributed by atoms with Crippen molar-refractivity contribution in [2.45, 2.75) is 0 Å². The van der Waals surface area contributed by atoms with E-state index in [0.717, 1.165) is 5.69 Å². The van der Waals surface area contributed by atoms with E-state index < -0.39 is 10.8 Å². The maximum atomic E-state index is 13.5. The first-order valence-electron chi connectivity index (χ1n) is 12.7. The van der Waals surface area contributed by atoms with E-state index >= 15 is 0 Å². The second-order valence-electron chi connectivity index (χ2n) is 9.32. The largest absolute Gasteiger partial charge is 0.378 e. The molecule has 2 aliphatic heterocycles. The van der Waals surface area contributed by atoms with Gasteiger partial charge in [-0.25, -0.2) is 0 Å². The molecule has 0 aliphatic carbocycles. The summed E-state index contributed by atoms with van der Waals surface area (Å²) in [5.41, 5.74) is 2.73. The first-order valence-corrected chi connectivity index (χ1v) is 13.1. The van der Waals surface area contributed by atoms with Gasteiger partial charge in [0.2, 0.25) is 0 Å². The number of ether oxygens (including phenoxy) is 1. The summed E-state index contributed by atoms with van der Waals surface area (Å²) in [5, 5.41) is 15.0. The molecule has 10 nitrogen and oxygen atoms in total. The molecule has 5 rings (SSSR count). The van der Waals surface area contributed by atoms with Crippen LogP contribution in [-0.2, 0) is 4.74 Å². The van der Waals surface area contributed by atoms with Crippen molar-refractivity contribution in [1.29, 1.82) is 0 Å². The lowest BCUT2D eigenvalue weighted by atomic mass is 10.1. The number of rotatable bonds is 6. The van der Waals surface area contributed by atoms with Gasteiger partial charge < -0.3 is 24.8 Å². The Labute approximate surface area is 230 Å². The van der Waals surface area contributed by atoms with E-state index in [1.54, 1.807) is 35.2 Å². The number of carbonyl (C=O) groups excluding carboxylic acids is 2. The van der Waals surface area contributed by atoms with Gasteiger partial charge in [0.25, 0.3) is 17.5 Å². The standard InChI is InChI=1S/C28H28ClN5O5/c29-21-7-5-20(6-8-21)28(36)33-13-11-31(12-14-33)26-4-2-1-3-24(26)30-27(35)23-19-22(34(37)38)9-10-25(23)32-15-17-39-18-16-32/h1-10,19H,11-18H2,(H,30,35). The van der Waals surface area contributed by atoms with Crippen LogP contribution in [-0.4, -0.2) is 74.1 Å². The summed E-state index contributed by atoms with van der Waals surface area (Å²) < 4.78 is 5.43. The quantitative estimate of drug-likeness (QED) is 0.361. The molecule has 0 aromatic heterocycles. The van der Waals surface area contributed by atoms with Gasteiger partial charge in [0.05, 0.1) is 40.8 Å². The molecule has 2 saturated heterocycles. The summed E-state index contributed by atoms with van der Waals surface area (Å²) in [6.45, 7) is 4.44. The zero-order valence-electron chi connectivity index (χ0n) is 21.2. The highest BCUT2D eigenvalue weighted by Crippen LogP contribution is 2.31. The van der Waals surface area contributed by atoms with Crippen LogP contribution in [0.4, 0.5) is 22.7 Å². The summed E-state index contributed by atoms with van der Waals surface area (Å²) >= 11 is 5.95. The SMILES string of the molecule is O=C(Nc1ccccc1N1CCN(C(=O)c2ccc(Cl)cc2)CC1)c1cc([N+](=O)[O-])ccc1N1CCOCC1. The molecule has 11 heteroatoms. The molecule has 2 aliphatic rings. The molecule has 2 fully saturated rings. The van der Waals surface area contributed by atoms with Crippen LogP contribution in [0.2, 0.25) is 5.02 Å². The predicted molar refractivity (Wildman–Crippen MR) is 150 cm³/mol. The number of morpholine rings is 1. The number of para-hydroxylation sites is 2. The second-order valence-corrected chi connectivity index (χ2v) is 9.75. The number of benzene rings is 3. The van der Waals surface area contributed by atoms with Crippen LogP contribution >= 0.6 is 11.6 Å². The molecule has 0 atom stereocenters. The highest BCUT2D eigenvalue weighted by molar-refractivity contribution is 6.30. The summed E-state index contributed by atoms with van der Waals surface area (Å²) in [6, 6.07) is 18.7. The average Bonchev–Trinajstić information content (AvgIpc) is 2.97. The minimum absolute atomic E-state index is 0.0470. The number of anilines is 3. The highest BCUT2D eigenvalue weighted by atomic mass is 35.5. The number of non-ortho nitro benzene ring substituents is 1. The molecule has 39 heavy (non-hydrogen) atoms. The molecule has 0 unspecified atom stereocenters. The van der Waals surface area contributed by atoms with Crippen molar-refractivity contribution >= 4 is 46.2 Å². The van der Waals surface area contributed by atoms with Crippen molar-refractivity contribution in [1.82, 2.24) is 4.90 Å². The van der Waals surface area contributed by atoms with Crippen LogP contribution in [0.3, 0.4) is 0 Å². The molecule has 0 spiro atoms. The first kappa shape index (κ1) is 26.5. The van der Waals surface area contributed by atoms with E-state index in [1.807, 2.05) is 29.2 Å². The van der Waals surface area contributed by atoms with Crippen LogP contribution in [0.1, 0.15) is 20.7 Å². The van der Waals surface area contributed by atoms with Gasteiger partial charge in [-0.2, -0.15) is 0 Å². The van der Waals surface area contributed by atoms with Gasteiger partial charge in [0.1, 0.15) is 0 Å². The van der Waals surface area contributed by atoms with Gasteiger partial charge in [-0.15, -0.1) is 0 Å². The maximum Gasteiger partial charge on any atom is 0.270 e. The first-order chi connectivity index (χ1) is 18.9. The molecule has 3 aromatic rings. The Morgan fingerprint density at radius 1 is 0.846 bits per heavy atom. The number of carbonyl (C=O) groups is 2. The number of nitro benzene ring substituents is 1. The monoisotopic (exact) mass is 549 g/mol. The zero-order chi connectivity index (χ0) is 27.4. The van der Waals surface area contributed by atoms with E-state index in [1.165, 1.54) is 12.1 Å². The minimum atomic E-state index is -0.501. The third-order valence-corrected chi connectivity index (χ3v) is 7.19. The fraction of sp³-hybridized carbons (Fsp3) is 0.286. The van der Waals surface area contributed by atoms with Crippen molar-refractivity contribution in [2.75, 3.05) is 67.6 Å². The number of hydrogen-bond acceptors (Lipinski definition) is 7. The lowest BCUT2D eigenvalue weighted by molar-refractivity contribution is -0.384. The number of halogens is 1. The van der Waals surface area contributed by atoms with Crippen molar-refractivity contribution in [3.63, 3.8) is 0 Å². The summed E-state index contributed by atoms with van der Waals surface area (Å²) in [4.78, 5) is 43.3. The van der Waals surface area contributed by atoms with Gasteiger partial charge in [-0.3, -0.25) is 19.7 Å². The van der Waals surface area contributed by atoms with Gasteiger partial charge >= 0.3 is 0 Å². The molecule has 0 saturated carbocycles. The van der Waals surface area contributed by atoms with Gasteiger partial charge in [0, 0.05) is 62.0 Å². The number of nitrogens with zero attached hydrogens (tertiary/aromatic N) is 4. The van der Waals surface area contributed by atoms with Crippen molar-refractivity contribution in [3.05, 3.63) is 93.0 Å². The smallest absolute Gasteiger partial charge is 0.270 e. The summed E-state index contributed by atoms with van der Waals surface area (Å²) in [7, 11) is 0. The second kappa shape index (κ2) is 11.7. The number of nitrogens with one attached hydrogen (secondary N) is 1. The summed E-state index contributed by atoms with van der Waals surface area (Å²) in [5.74, 6) is -0.474. The zero-order valence-corrected chi connectivity index (χ0v) is 22.0. The third-order valence-electron chi connectivity index (χ3n) is 6.94. The number of nitro groups is 1. The molecule has 3 aromatic carbocycles. The Bertz CT molecular complexity index is 1370. The molecular formula is C28H28ClN5O5. The van der Waals surface area contributed by atoms with E-state index in [-0.39, 0.29) is 17.2 Å². The maximum absolute atomic E-state index is 13.5. The van der Waals surface area contributed by atoms with Crippen molar-refractivity contribution in [3.8, 4) is 0 Å². The minimum Gasteiger partial charge on any atom is -0.378 e. The Morgan fingerprint density at radius 2 is 1.51 bits per heavy atom. The fourth-order valence-corrected chi connectivity index (χ4v) is 5.00. The van der Waals surface area contributed by atoms with Gasteiger partial charge in [0.15, 0.2) is 0 Å². The fourth-order valence-electron chi connectivity index (χ4n) is 4.87. The van der Waals surface area contributed by atoms with Crippen LogP contribution in [0.25, 0.3) is 0 Å². The van der Waals surface area contributed by atoms with Crippen molar-refractivity contribution in [2.24, 2.45) is 0 Å². The molecule has 202 valence electrons.